The normalized spacial score (nSPS) is 12.1. The summed E-state index contributed by atoms with van der Waals surface area (Å²) >= 11 is 0. The predicted molar refractivity (Wildman–Crippen MR) is 57.3 cm³/mol. The number of nitrogens with one attached hydrogen (secondary N) is 2. The molecule has 0 aliphatic carbocycles. The summed E-state index contributed by atoms with van der Waals surface area (Å²) in [6.07, 6.45) is 2.15. The van der Waals surface area contributed by atoms with Gasteiger partial charge in [0.25, 0.3) is 5.91 Å². The molecule has 88 valence electrons. The molecule has 6 nitrogen and oxygen atoms in total. The van der Waals surface area contributed by atoms with E-state index in [-0.39, 0.29) is 11.4 Å². The van der Waals surface area contributed by atoms with Gasteiger partial charge in [-0.1, -0.05) is 20.3 Å². The van der Waals surface area contributed by atoms with Crippen LogP contribution < -0.4 is 5.32 Å². The summed E-state index contributed by atoms with van der Waals surface area (Å²) in [4.78, 5) is 28.4. The molecule has 1 heterocycles. The monoisotopic (exact) mass is 225 g/mol. The van der Waals surface area contributed by atoms with E-state index in [9.17, 15) is 9.59 Å². The lowest BCUT2D eigenvalue weighted by Gasteiger charge is -2.09. The van der Waals surface area contributed by atoms with Gasteiger partial charge in [0.1, 0.15) is 0 Å². The Balaban J connectivity index is 2.66. The number of carbonyl (C=O) groups is 2. The molecule has 1 rings (SSSR count). The van der Waals surface area contributed by atoms with Gasteiger partial charge < -0.3 is 15.4 Å². The molecule has 1 aromatic heterocycles. The summed E-state index contributed by atoms with van der Waals surface area (Å²) in [5.74, 6) is -1.29. The van der Waals surface area contributed by atoms with Crippen molar-refractivity contribution in [3.05, 3.63) is 17.7 Å². The molecular weight excluding hydrogens is 210 g/mol. The van der Waals surface area contributed by atoms with E-state index in [1.165, 1.54) is 6.33 Å². The number of hydrogen-bond donors (Lipinski definition) is 3. The molecule has 0 saturated carbocycles. The zero-order valence-electron chi connectivity index (χ0n) is 9.28. The molecule has 0 aromatic carbocycles. The highest BCUT2D eigenvalue weighted by Gasteiger charge is 2.19. The van der Waals surface area contributed by atoms with Gasteiger partial charge in [0, 0.05) is 6.54 Å². The number of H-pyrrole nitrogens is 1. The van der Waals surface area contributed by atoms with E-state index in [0.29, 0.717) is 12.5 Å². The van der Waals surface area contributed by atoms with Crippen molar-refractivity contribution in [1.82, 2.24) is 15.3 Å². The summed E-state index contributed by atoms with van der Waals surface area (Å²) in [6.45, 7) is 4.54. The van der Waals surface area contributed by atoms with E-state index in [0.717, 1.165) is 6.42 Å². The van der Waals surface area contributed by atoms with Crippen molar-refractivity contribution < 1.29 is 14.7 Å². The van der Waals surface area contributed by atoms with Crippen LogP contribution in [0.2, 0.25) is 0 Å². The minimum Gasteiger partial charge on any atom is -0.477 e. The molecule has 0 spiro atoms. The predicted octanol–water partition coefficient (Wildman–Crippen LogP) is 0.884. The molecule has 1 atom stereocenters. The Labute approximate surface area is 93.1 Å². The zero-order valence-corrected chi connectivity index (χ0v) is 9.28. The Hall–Kier alpha value is -1.85. The molecule has 16 heavy (non-hydrogen) atoms. The minimum absolute atomic E-state index is 0.0733. The van der Waals surface area contributed by atoms with Crippen molar-refractivity contribution in [2.24, 2.45) is 5.92 Å². The van der Waals surface area contributed by atoms with Crippen LogP contribution in [-0.2, 0) is 0 Å². The summed E-state index contributed by atoms with van der Waals surface area (Å²) < 4.78 is 0. The number of aromatic nitrogens is 2. The lowest BCUT2D eigenvalue weighted by atomic mass is 10.1. The van der Waals surface area contributed by atoms with Crippen molar-refractivity contribution in [3.8, 4) is 0 Å². The molecule has 1 aromatic rings. The molecule has 0 saturated heterocycles. The molecule has 0 fully saturated rings. The number of nitrogens with zero attached hydrogens (tertiary/aromatic N) is 1. The first kappa shape index (κ1) is 12.2. The first-order chi connectivity index (χ1) is 7.56. The van der Waals surface area contributed by atoms with Gasteiger partial charge in [-0.3, -0.25) is 4.79 Å². The lowest BCUT2D eigenvalue weighted by Crippen LogP contribution is -2.29. The maximum absolute atomic E-state index is 11.6. The zero-order chi connectivity index (χ0) is 12.1. The smallest absolute Gasteiger partial charge is 0.354 e. The molecule has 1 amide bonds. The fourth-order valence-corrected chi connectivity index (χ4v) is 1.12. The van der Waals surface area contributed by atoms with Crippen LogP contribution in [0.3, 0.4) is 0 Å². The Morgan fingerprint density at radius 2 is 2.31 bits per heavy atom. The molecule has 0 aliphatic rings. The number of hydrogen-bond acceptors (Lipinski definition) is 3. The van der Waals surface area contributed by atoms with Gasteiger partial charge in [-0.25, -0.2) is 9.78 Å². The average molecular weight is 225 g/mol. The van der Waals surface area contributed by atoms with Crippen LogP contribution in [0.5, 0.6) is 0 Å². The molecular formula is C10H15N3O3. The third kappa shape index (κ3) is 2.82. The molecule has 0 aliphatic heterocycles. The van der Waals surface area contributed by atoms with E-state index >= 15 is 0 Å². The van der Waals surface area contributed by atoms with Crippen molar-refractivity contribution in [2.75, 3.05) is 6.54 Å². The third-order valence-corrected chi connectivity index (χ3v) is 2.38. The van der Waals surface area contributed by atoms with E-state index < -0.39 is 11.9 Å². The third-order valence-electron chi connectivity index (χ3n) is 2.38. The molecule has 0 bridgehead atoms. The van der Waals surface area contributed by atoms with E-state index in [1.54, 1.807) is 0 Å². The van der Waals surface area contributed by atoms with Gasteiger partial charge in [0.2, 0.25) is 0 Å². The van der Waals surface area contributed by atoms with Crippen LogP contribution in [0.1, 0.15) is 41.2 Å². The summed E-state index contributed by atoms with van der Waals surface area (Å²) in [5.41, 5.74) is -0.252. The number of carboxylic acids is 1. The van der Waals surface area contributed by atoms with Crippen molar-refractivity contribution in [2.45, 2.75) is 20.3 Å². The van der Waals surface area contributed by atoms with Gasteiger partial charge in [0.05, 0.1) is 6.33 Å². The number of imidazole rings is 1. The van der Waals surface area contributed by atoms with E-state index in [1.807, 2.05) is 13.8 Å². The molecule has 6 heteroatoms. The van der Waals surface area contributed by atoms with Gasteiger partial charge in [0.15, 0.2) is 11.4 Å². The first-order valence-electron chi connectivity index (χ1n) is 5.11. The fraction of sp³-hybridized carbons (Fsp3) is 0.500. The van der Waals surface area contributed by atoms with Crippen LogP contribution >= 0.6 is 0 Å². The van der Waals surface area contributed by atoms with Gasteiger partial charge in [-0.05, 0) is 5.92 Å². The van der Waals surface area contributed by atoms with Crippen LogP contribution in [0.15, 0.2) is 6.33 Å². The summed E-state index contributed by atoms with van der Waals surface area (Å²) in [7, 11) is 0. The second kappa shape index (κ2) is 5.29. The number of rotatable bonds is 5. The van der Waals surface area contributed by atoms with Crippen LogP contribution in [-0.4, -0.2) is 33.5 Å². The van der Waals surface area contributed by atoms with Crippen LogP contribution in [0, 0.1) is 5.92 Å². The van der Waals surface area contributed by atoms with Crippen LogP contribution in [0.25, 0.3) is 0 Å². The Kier molecular flexibility index (Phi) is 4.04. The fourth-order valence-electron chi connectivity index (χ4n) is 1.12. The first-order valence-corrected chi connectivity index (χ1v) is 5.11. The second-order valence-corrected chi connectivity index (χ2v) is 3.65. The Bertz CT molecular complexity index is 386. The lowest BCUT2D eigenvalue weighted by molar-refractivity contribution is 0.0685. The Morgan fingerprint density at radius 3 is 2.88 bits per heavy atom. The van der Waals surface area contributed by atoms with Gasteiger partial charge in [-0.2, -0.15) is 0 Å². The molecule has 3 N–H and O–H groups in total. The molecule has 0 radical (unpaired) electrons. The van der Waals surface area contributed by atoms with Crippen molar-refractivity contribution >= 4 is 11.9 Å². The minimum atomic E-state index is -1.19. The maximum Gasteiger partial charge on any atom is 0.354 e. The quantitative estimate of drug-likeness (QED) is 0.693. The number of amides is 1. The summed E-state index contributed by atoms with van der Waals surface area (Å²) in [5, 5.41) is 11.4. The molecule has 1 unspecified atom stereocenters. The van der Waals surface area contributed by atoms with E-state index in [2.05, 4.69) is 15.3 Å². The highest BCUT2D eigenvalue weighted by molar-refractivity contribution is 6.02. The number of carboxylic acid groups (broad SMARTS) is 1. The number of aromatic carboxylic acids is 1. The SMILES string of the molecule is CCC(C)CNC(=O)c1nc[nH]c1C(=O)O. The topological polar surface area (TPSA) is 95.1 Å². The second-order valence-electron chi connectivity index (χ2n) is 3.65. The van der Waals surface area contributed by atoms with Crippen molar-refractivity contribution in [3.63, 3.8) is 0 Å². The highest BCUT2D eigenvalue weighted by Crippen LogP contribution is 2.03. The Morgan fingerprint density at radius 1 is 1.62 bits per heavy atom. The number of aromatic amines is 1. The standard InChI is InChI=1S/C10H15N3O3/c1-3-6(2)4-11-9(14)7-8(10(15)16)13-5-12-7/h5-6H,3-4H2,1-2H3,(H,11,14)(H,12,13)(H,15,16). The van der Waals surface area contributed by atoms with Gasteiger partial charge in [-0.15, -0.1) is 0 Å². The average Bonchev–Trinajstić information content (AvgIpc) is 2.74. The maximum atomic E-state index is 11.6. The largest absolute Gasteiger partial charge is 0.477 e. The van der Waals surface area contributed by atoms with Crippen LogP contribution in [0.4, 0.5) is 0 Å². The van der Waals surface area contributed by atoms with E-state index in [4.69, 9.17) is 5.11 Å². The van der Waals surface area contributed by atoms with Gasteiger partial charge >= 0.3 is 5.97 Å². The van der Waals surface area contributed by atoms with Crippen molar-refractivity contribution in [1.29, 1.82) is 0 Å². The summed E-state index contributed by atoms with van der Waals surface area (Å²) in [6, 6.07) is 0. The number of carbonyl (C=O) groups excluding carboxylic acids is 1. The highest BCUT2D eigenvalue weighted by atomic mass is 16.4.